The van der Waals surface area contributed by atoms with E-state index in [-0.39, 0.29) is 30.6 Å². The number of carbonyl (C=O) groups excluding carboxylic acids is 2. The normalized spacial score (nSPS) is 24.8. The fourth-order valence-corrected chi connectivity index (χ4v) is 5.07. The number of anilines is 1. The number of nitrogens with one attached hydrogen (secondary N) is 4. The van der Waals surface area contributed by atoms with Crippen molar-refractivity contribution in [3.8, 4) is 5.75 Å². The highest BCUT2D eigenvalue weighted by Gasteiger charge is 2.42. The van der Waals surface area contributed by atoms with Gasteiger partial charge in [-0.3, -0.25) is 15.0 Å². The number of hydrogen-bond acceptors (Lipinski definition) is 11. The number of urea groups is 1. The number of allylic oxidation sites excluding steroid dienone is 1. The van der Waals surface area contributed by atoms with Crippen LogP contribution in [-0.4, -0.2) is 97.6 Å². The highest BCUT2D eigenvalue weighted by molar-refractivity contribution is 5.91. The molecule has 0 aliphatic carbocycles. The number of ether oxygens (including phenoxy) is 3. The molecule has 6 rings (SSSR count). The number of pyridine rings is 1. The summed E-state index contributed by atoms with van der Waals surface area (Å²) in [6.45, 7) is 6.17. The van der Waals surface area contributed by atoms with Crippen LogP contribution in [0.4, 0.5) is 10.6 Å². The molecule has 3 amide bonds. The van der Waals surface area contributed by atoms with E-state index >= 15 is 0 Å². The zero-order valence-corrected chi connectivity index (χ0v) is 21.6. The predicted octanol–water partition coefficient (Wildman–Crippen LogP) is 0.0603. The van der Waals surface area contributed by atoms with Crippen LogP contribution in [-0.2, 0) is 20.8 Å². The van der Waals surface area contributed by atoms with E-state index in [1.807, 2.05) is 19.9 Å². The van der Waals surface area contributed by atoms with E-state index in [2.05, 4.69) is 46.5 Å². The second-order valence-corrected chi connectivity index (χ2v) is 10.1. The molecule has 0 aromatic carbocycles. The molecule has 15 nitrogen and oxygen atoms in total. The first-order valence-corrected chi connectivity index (χ1v) is 12.8. The second-order valence-electron chi connectivity index (χ2n) is 10.1. The van der Waals surface area contributed by atoms with Crippen LogP contribution < -0.4 is 20.7 Å². The van der Waals surface area contributed by atoms with Crippen molar-refractivity contribution in [1.82, 2.24) is 46.0 Å². The van der Waals surface area contributed by atoms with Gasteiger partial charge in [0.2, 0.25) is 5.91 Å². The summed E-state index contributed by atoms with van der Waals surface area (Å²) in [6.07, 6.45) is 5.87. The first-order valence-electron chi connectivity index (χ1n) is 12.8. The first-order chi connectivity index (χ1) is 18.8. The van der Waals surface area contributed by atoms with E-state index < -0.39 is 11.8 Å². The van der Waals surface area contributed by atoms with Crippen molar-refractivity contribution in [2.24, 2.45) is 0 Å². The molecule has 15 heteroatoms. The quantitative estimate of drug-likeness (QED) is 0.376. The minimum absolute atomic E-state index is 0.0472. The van der Waals surface area contributed by atoms with Crippen molar-refractivity contribution in [3.05, 3.63) is 47.8 Å². The lowest BCUT2D eigenvalue weighted by atomic mass is 10.1. The minimum atomic E-state index is -0.671. The third-order valence-corrected chi connectivity index (χ3v) is 6.88. The molecular weight excluding hydrogens is 508 g/mol. The summed E-state index contributed by atoms with van der Waals surface area (Å²) in [5.41, 5.74) is 0.870. The molecule has 0 radical (unpaired) electrons. The Bertz CT molecular complexity index is 1300. The van der Waals surface area contributed by atoms with Crippen molar-refractivity contribution in [1.29, 1.82) is 0 Å². The molecule has 2 bridgehead atoms. The molecule has 2 aromatic heterocycles. The molecule has 2 aromatic rings. The fraction of sp³-hybridized carbons (Fsp3) is 0.500. The Hall–Kier alpha value is -4.24. The Morgan fingerprint density at radius 1 is 1.33 bits per heavy atom. The van der Waals surface area contributed by atoms with Gasteiger partial charge in [-0.1, -0.05) is 6.08 Å². The third-order valence-electron chi connectivity index (χ3n) is 6.88. The molecule has 4 N–H and O–H groups in total. The number of dihydropyridines is 1. The monoisotopic (exact) mass is 538 g/mol. The van der Waals surface area contributed by atoms with Crippen LogP contribution in [0.15, 0.2) is 42.0 Å². The molecule has 2 fully saturated rings. The Morgan fingerprint density at radius 3 is 3.03 bits per heavy atom. The lowest BCUT2D eigenvalue weighted by Gasteiger charge is -2.40. The average Bonchev–Trinajstić information content (AvgIpc) is 3.67. The molecule has 0 spiro atoms. The van der Waals surface area contributed by atoms with E-state index in [0.29, 0.717) is 43.0 Å². The summed E-state index contributed by atoms with van der Waals surface area (Å²) in [4.78, 5) is 34.6. The largest absolute Gasteiger partial charge is 0.491 e. The Kier molecular flexibility index (Phi) is 6.52. The number of aromatic nitrogens is 5. The number of carbonyl (C=O) groups is 2. The molecular formula is C24H30N10O5. The molecule has 4 aliphatic heterocycles. The highest BCUT2D eigenvalue weighted by atomic mass is 16.7. The van der Waals surface area contributed by atoms with Crippen molar-refractivity contribution < 1.29 is 23.8 Å². The minimum Gasteiger partial charge on any atom is -0.491 e. The molecule has 206 valence electrons. The number of tetrazole rings is 1. The van der Waals surface area contributed by atoms with E-state index in [9.17, 15) is 9.59 Å². The SMILES string of the molecule is CC1(C)OC[C@H](COc2ccnc(NC(=O)N3C4=C(C=CC(C(=O)NCc5nnn[nH]5)N4)N4CC[C@H]3C4)c2)O1. The van der Waals surface area contributed by atoms with Crippen LogP contribution in [0.3, 0.4) is 0 Å². The zero-order valence-electron chi connectivity index (χ0n) is 21.6. The molecule has 39 heavy (non-hydrogen) atoms. The third kappa shape index (κ3) is 5.35. The van der Waals surface area contributed by atoms with Crippen molar-refractivity contribution in [3.63, 3.8) is 0 Å². The van der Waals surface area contributed by atoms with E-state index in [0.717, 1.165) is 18.7 Å². The van der Waals surface area contributed by atoms with Crippen molar-refractivity contribution >= 4 is 17.8 Å². The lowest BCUT2D eigenvalue weighted by Crippen LogP contribution is -2.55. The lowest BCUT2D eigenvalue weighted by molar-refractivity contribution is -0.141. The summed E-state index contributed by atoms with van der Waals surface area (Å²) in [5, 5.41) is 22.3. The van der Waals surface area contributed by atoms with Gasteiger partial charge < -0.3 is 29.7 Å². The van der Waals surface area contributed by atoms with Gasteiger partial charge >= 0.3 is 6.03 Å². The number of amides is 3. The van der Waals surface area contributed by atoms with Crippen LogP contribution in [0, 0.1) is 0 Å². The molecule has 2 saturated heterocycles. The molecule has 3 atom stereocenters. The van der Waals surface area contributed by atoms with Gasteiger partial charge in [0.15, 0.2) is 11.6 Å². The van der Waals surface area contributed by atoms with Crippen LogP contribution in [0.1, 0.15) is 26.1 Å². The first kappa shape index (κ1) is 25.1. The van der Waals surface area contributed by atoms with Gasteiger partial charge in [0.1, 0.15) is 36.1 Å². The van der Waals surface area contributed by atoms with Gasteiger partial charge in [-0.05, 0) is 42.8 Å². The topological polar surface area (TPSA) is 172 Å². The summed E-state index contributed by atoms with van der Waals surface area (Å²) in [7, 11) is 0. The number of nitrogens with zero attached hydrogens (tertiary/aromatic N) is 6. The summed E-state index contributed by atoms with van der Waals surface area (Å²) in [5.74, 6) is 1.03. The van der Waals surface area contributed by atoms with Gasteiger partial charge in [0, 0.05) is 25.4 Å². The van der Waals surface area contributed by atoms with Crippen molar-refractivity contribution in [2.75, 3.05) is 31.6 Å². The fourth-order valence-electron chi connectivity index (χ4n) is 5.07. The van der Waals surface area contributed by atoms with Crippen LogP contribution in [0.25, 0.3) is 0 Å². The summed E-state index contributed by atoms with van der Waals surface area (Å²) < 4.78 is 17.2. The van der Waals surface area contributed by atoms with Gasteiger partial charge in [0.25, 0.3) is 0 Å². The number of hydrogen-bond donors (Lipinski definition) is 4. The maximum Gasteiger partial charge on any atom is 0.328 e. The van der Waals surface area contributed by atoms with E-state index in [1.165, 1.54) is 0 Å². The summed E-state index contributed by atoms with van der Waals surface area (Å²) >= 11 is 0. The number of fused-ring (bicyclic) bond motifs is 3. The zero-order chi connectivity index (χ0) is 27.0. The smallest absolute Gasteiger partial charge is 0.328 e. The van der Waals surface area contributed by atoms with Gasteiger partial charge in [-0.25, -0.2) is 14.9 Å². The van der Waals surface area contributed by atoms with Crippen LogP contribution >= 0.6 is 0 Å². The molecule has 6 heterocycles. The standard InChI is InChI=1S/C24H30N10O5/c1-24(2)38-13-16(39-24)12-37-15-5-7-25-19(9-15)28-23(36)34-14-6-8-33(11-14)18-4-3-17(27-21(18)34)22(35)26-10-20-29-31-32-30-20/h3-5,7,9,14,16-17,27H,6,8,10-13H2,1-2H3,(H,26,35)(H,25,28,36)(H,29,30,31,32)/t14-,16-,17?/m0/s1. The Balaban J connectivity index is 1.11. The number of H-pyrrole nitrogens is 1. The van der Waals surface area contributed by atoms with E-state index in [1.54, 1.807) is 29.3 Å². The second kappa shape index (κ2) is 10.1. The van der Waals surface area contributed by atoms with E-state index in [4.69, 9.17) is 14.2 Å². The highest BCUT2D eigenvalue weighted by Crippen LogP contribution is 2.33. The summed E-state index contributed by atoms with van der Waals surface area (Å²) in [6, 6.07) is 2.33. The predicted molar refractivity (Wildman–Crippen MR) is 135 cm³/mol. The molecule has 1 unspecified atom stereocenters. The molecule has 4 aliphatic rings. The van der Waals surface area contributed by atoms with Crippen LogP contribution in [0.5, 0.6) is 5.75 Å². The van der Waals surface area contributed by atoms with Gasteiger partial charge in [-0.15, -0.1) is 5.10 Å². The Labute approximate surface area is 223 Å². The average molecular weight is 539 g/mol. The maximum atomic E-state index is 13.6. The maximum absolute atomic E-state index is 13.6. The number of aromatic amines is 1. The Morgan fingerprint density at radius 2 is 2.23 bits per heavy atom. The van der Waals surface area contributed by atoms with Gasteiger partial charge in [0.05, 0.1) is 24.9 Å². The van der Waals surface area contributed by atoms with Crippen molar-refractivity contribution in [2.45, 2.75) is 50.8 Å². The van der Waals surface area contributed by atoms with Gasteiger partial charge in [-0.2, -0.15) is 0 Å². The number of rotatable bonds is 7. The molecule has 0 saturated carbocycles. The van der Waals surface area contributed by atoms with Crippen LogP contribution in [0.2, 0.25) is 0 Å².